The third kappa shape index (κ3) is 5.92. The molecule has 26 heavy (non-hydrogen) atoms. The molecule has 2 aromatic rings. The van der Waals surface area contributed by atoms with Crippen molar-refractivity contribution >= 4 is 5.82 Å². The zero-order valence-corrected chi connectivity index (χ0v) is 16.6. The summed E-state index contributed by atoms with van der Waals surface area (Å²) in [5.74, 6) is 1.79. The summed E-state index contributed by atoms with van der Waals surface area (Å²) in [6, 6.07) is 1.91. The van der Waals surface area contributed by atoms with Crippen LogP contribution in [-0.2, 0) is 0 Å². The van der Waals surface area contributed by atoms with Gasteiger partial charge in [-0.25, -0.2) is 9.97 Å². The van der Waals surface area contributed by atoms with E-state index < -0.39 is 0 Å². The third-order valence-corrected chi connectivity index (χ3v) is 3.52. The van der Waals surface area contributed by atoms with Crippen LogP contribution in [0.5, 0.6) is 0 Å². The van der Waals surface area contributed by atoms with E-state index in [1.807, 2.05) is 57.9 Å². The second-order valence-corrected chi connectivity index (χ2v) is 5.49. The lowest BCUT2D eigenvalue weighted by Crippen LogP contribution is -2.18. The van der Waals surface area contributed by atoms with Gasteiger partial charge in [0, 0.05) is 31.2 Å². The Morgan fingerprint density at radius 1 is 1.19 bits per heavy atom. The Hall–Kier alpha value is -2.82. The number of hydrogen-bond donors (Lipinski definition) is 0. The van der Waals surface area contributed by atoms with E-state index in [0.717, 1.165) is 22.9 Å². The van der Waals surface area contributed by atoms with Gasteiger partial charge in [0.05, 0.1) is 11.9 Å². The Morgan fingerprint density at radius 3 is 2.50 bits per heavy atom. The lowest BCUT2D eigenvalue weighted by Gasteiger charge is -2.21. The fraction of sp³-hybridized carbons (Fsp3) is 0.333. The highest BCUT2D eigenvalue weighted by molar-refractivity contribution is 5.60. The van der Waals surface area contributed by atoms with Crippen LogP contribution in [0.25, 0.3) is 11.4 Å². The molecule has 0 fully saturated rings. The molecule has 5 nitrogen and oxygen atoms in total. The van der Waals surface area contributed by atoms with Crippen molar-refractivity contribution in [1.29, 1.82) is 0 Å². The number of allylic oxidation sites excluding steroid dienone is 4. The first kappa shape index (κ1) is 21.2. The maximum absolute atomic E-state index is 4.54. The number of aryl methyl sites for hydroxylation is 1. The van der Waals surface area contributed by atoms with Crippen LogP contribution in [0.15, 0.2) is 61.2 Å². The molecule has 0 aliphatic carbocycles. The fourth-order valence-corrected chi connectivity index (χ4v) is 2.36. The molecule has 0 bridgehead atoms. The van der Waals surface area contributed by atoms with Crippen molar-refractivity contribution in [3.63, 3.8) is 0 Å². The molecule has 0 aliphatic heterocycles. The van der Waals surface area contributed by atoms with Crippen LogP contribution < -0.4 is 4.90 Å². The van der Waals surface area contributed by atoms with Crippen LogP contribution in [0.4, 0.5) is 5.82 Å². The maximum Gasteiger partial charge on any atom is 0.137 e. The van der Waals surface area contributed by atoms with Gasteiger partial charge >= 0.3 is 0 Å². The minimum atomic E-state index is 0.313. The van der Waals surface area contributed by atoms with Gasteiger partial charge in [-0.15, -0.1) is 0 Å². The normalized spacial score (nSPS) is 12.3. The molecule has 0 N–H and O–H groups in total. The van der Waals surface area contributed by atoms with E-state index in [1.54, 1.807) is 18.6 Å². The highest BCUT2D eigenvalue weighted by atomic mass is 15.2. The summed E-state index contributed by atoms with van der Waals surface area (Å²) in [5.41, 5.74) is 2.47. The SMILES string of the molecule is C=C/C(=C\C(C)/C=C\C)N(C)c1cc(-c2cnccn2)nc(C)n1.CC. The maximum atomic E-state index is 4.54. The fourth-order valence-electron chi connectivity index (χ4n) is 2.36. The van der Waals surface area contributed by atoms with Gasteiger partial charge in [0.15, 0.2) is 0 Å². The monoisotopic (exact) mass is 351 g/mol. The standard InChI is InChI=1S/C19H23N5.C2H6/c1-6-8-14(3)11-16(7-2)24(5)19-12-17(22-15(4)23-19)18-13-20-9-10-21-18;1-2/h6-14H,2H2,1,3-5H3;1-2H3/b8-6-,16-11+;. The molecule has 1 atom stereocenters. The van der Waals surface area contributed by atoms with Crippen molar-refractivity contribution < 1.29 is 0 Å². The summed E-state index contributed by atoms with van der Waals surface area (Å²) in [4.78, 5) is 19.4. The highest BCUT2D eigenvalue weighted by Crippen LogP contribution is 2.22. The highest BCUT2D eigenvalue weighted by Gasteiger charge is 2.11. The van der Waals surface area contributed by atoms with Crippen molar-refractivity contribution in [3.05, 3.63) is 67.1 Å². The second-order valence-electron chi connectivity index (χ2n) is 5.49. The van der Waals surface area contributed by atoms with E-state index in [0.29, 0.717) is 11.7 Å². The van der Waals surface area contributed by atoms with E-state index in [-0.39, 0.29) is 0 Å². The van der Waals surface area contributed by atoms with E-state index in [9.17, 15) is 0 Å². The number of anilines is 1. The summed E-state index contributed by atoms with van der Waals surface area (Å²) in [6.07, 6.45) is 13.2. The minimum absolute atomic E-state index is 0.313. The van der Waals surface area contributed by atoms with Crippen LogP contribution in [0.1, 0.15) is 33.5 Å². The van der Waals surface area contributed by atoms with Gasteiger partial charge in [0.25, 0.3) is 0 Å². The molecule has 2 aromatic heterocycles. The van der Waals surface area contributed by atoms with Crippen molar-refractivity contribution in [2.45, 2.75) is 34.6 Å². The smallest absolute Gasteiger partial charge is 0.137 e. The molecule has 0 amide bonds. The molecule has 0 saturated carbocycles. The topological polar surface area (TPSA) is 54.8 Å². The average Bonchev–Trinajstić information content (AvgIpc) is 2.67. The van der Waals surface area contributed by atoms with Gasteiger partial charge < -0.3 is 4.90 Å². The van der Waals surface area contributed by atoms with Crippen molar-refractivity contribution in [2.75, 3.05) is 11.9 Å². The van der Waals surface area contributed by atoms with Crippen LogP contribution in [-0.4, -0.2) is 27.0 Å². The van der Waals surface area contributed by atoms with E-state index in [4.69, 9.17) is 0 Å². The first-order valence-corrected chi connectivity index (χ1v) is 8.88. The summed E-state index contributed by atoms with van der Waals surface area (Å²) in [5, 5.41) is 0. The molecular weight excluding hydrogens is 322 g/mol. The van der Waals surface area contributed by atoms with E-state index >= 15 is 0 Å². The van der Waals surface area contributed by atoms with Crippen LogP contribution in [0.2, 0.25) is 0 Å². The molecule has 0 spiro atoms. The number of hydrogen-bond acceptors (Lipinski definition) is 5. The Balaban J connectivity index is 0.00000163. The number of rotatable bonds is 6. The molecule has 0 aliphatic rings. The molecule has 2 heterocycles. The molecule has 0 radical (unpaired) electrons. The van der Waals surface area contributed by atoms with Gasteiger partial charge in [0.1, 0.15) is 17.3 Å². The quantitative estimate of drug-likeness (QED) is 0.542. The number of aromatic nitrogens is 4. The van der Waals surface area contributed by atoms with Crippen molar-refractivity contribution in [2.24, 2.45) is 5.92 Å². The van der Waals surface area contributed by atoms with Gasteiger partial charge in [-0.2, -0.15) is 0 Å². The zero-order chi connectivity index (χ0) is 19.5. The molecule has 1 unspecified atom stereocenters. The molecule has 0 saturated heterocycles. The Labute approximate surface area is 157 Å². The van der Waals surface area contributed by atoms with Crippen LogP contribution in [0, 0.1) is 12.8 Å². The van der Waals surface area contributed by atoms with Gasteiger partial charge in [-0.3, -0.25) is 9.97 Å². The van der Waals surface area contributed by atoms with Gasteiger partial charge in [0.2, 0.25) is 0 Å². The minimum Gasteiger partial charge on any atom is -0.330 e. The largest absolute Gasteiger partial charge is 0.330 e. The van der Waals surface area contributed by atoms with Crippen LogP contribution >= 0.6 is 0 Å². The number of nitrogens with zero attached hydrogens (tertiary/aromatic N) is 5. The zero-order valence-electron chi connectivity index (χ0n) is 16.6. The Kier molecular flexibility index (Phi) is 8.92. The predicted octanol–water partition coefficient (Wildman–Crippen LogP) is 4.99. The van der Waals surface area contributed by atoms with Gasteiger partial charge in [-0.05, 0) is 25.8 Å². The summed E-state index contributed by atoms with van der Waals surface area (Å²) in [7, 11) is 1.97. The first-order chi connectivity index (χ1) is 12.5. The summed E-state index contributed by atoms with van der Waals surface area (Å²) in [6.45, 7) is 13.9. The molecular formula is C21H29N5. The van der Waals surface area contributed by atoms with E-state index in [2.05, 4.69) is 45.6 Å². The average molecular weight is 351 g/mol. The van der Waals surface area contributed by atoms with Crippen molar-refractivity contribution in [3.8, 4) is 11.4 Å². The van der Waals surface area contributed by atoms with Crippen LogP contribution in [0.3, 0.4) is 0 Å². The molecule has 5 heteroatoms. The first-order valence-electron chi connectivity index (χ1n) is 8.88. The Morgan fingerprint density at radius 2 is 1.92 bits per heavy atom. The number of likely N-dealkylation sites (N-methyl/N-ethyl adjacent to an activating group) is 1. The third-order valence-electron chi connectivity index (χ3n) is 3.52. The van der Waals surface area contributed by atoms with E-state index in [1.165, 1.54) is 0 Å². The second kappa shape index (κ2) is 10.9. The molecule has 138 valence electrons. The van der Waals surface area contributed by atoms with Crippen molar-refractivity contribution in [1.82, 2.24) is 19.9 Å². The predicted molar refractivity (Wildman–Crippen MR) is 110 cm³/mol. The lowest BCUT2D eigenvalue weighted by atomic mass is 10.1. The Bertz CT molecular complexity index is 750. The summed E-state index contributed by atoms with van der Waals surface area (Å²) >= 11 is 0. The molecule has 2 rings (SSSR count). The summed E-state index contributed by atoms with van der Waals surface area (Å²) < 4.78 is 0. The lowest BCUT2D eigenvalue weighted by molar-refractivity contribution is 0.908. The molecule has 0 aromatic carbocycles. The van der Waals surface area contributed by atoms with Gasteiger partial charge in [-0.1, -0.05) is 45.6 Å².